The van der Waals surface area contributed by atoms with Crippen molar-refractivity contribution in [1.29, 1.82) is 10.5 Å². The van der Waals surface area contributed by atoms with E-state index in [9.17, 15) is 9.59 Å². The summed E-state index contributed by atoms with van der Waals surface area (Å²) in [5, 5.41) is 25.6. The number of rotatable bonds is 26. The number of carbonyl (C=O) groups is 2. The monoisotopic (exact) mass is 975 g/mol. The SMILES string of the molecule is C=CC(=O)Oc1ccccc1-c1ccccc1.CCC(C)(C#N)N=NC(C)(C#N)CC.CCCCCCCCS.CCCCCCCCSCC(C(=O)Oc1ccccc1-c1ccccc1)C(C)C. The maximum absolute atomic E-state index is 12.9. The van der Waals surface area contributed by atoms with Gasteiger partial charge in [-0.2, -0.15) is 45.1 Å². The molecule has 4 aromatic rings. The number of hydrogen-bond acceptors (Lipinski definition) is 10. The van der Waals surface area contributed by atoms with Gasteiger partial charge in [0.15, 0.2) is 11.1 Å². The Kier molecular flexibility index (Phi) is 33.8. The van der Waals surface area contributed by atoms with E-state index in [4.69, 9.17) is 20.0 Å². The lowest BCUT2D eigenvalue weighted by Crippen LogP contribution is -2.27. The van der Waals surface area contributed by atoms with E-state index >= 15 is 0 Å². The molecule has 0 aliphatic heterocycles. The number of thiol groups is 1. The summed E-state index contributed by atoms with van der Waals surface area (Å²) < 4.78 is 11.1. The van der Waals surface area contributed by atoms with Gasteiger partial charge >= 0.3 is 11.9 Å². The number of benzene rings is 4. The third kappa shape index (κ3) is 26.4. The number of esters is 2. The van der Waals surface area contributed by atoms with E-state index in [1.807, 2.05) is 129 Å². The summed E-state index contributed by atoms with van der Waals surface area (Å²) in [4.78, 5) is 24.2. The highest BCUT2D eigenvalue weighted by Crippen LogP contribution is 2.32. The molecule has 0 aromatic heterocycles. The number of azo groups is 1. The highest BCUT2D eigenvalue weighted by molar-refractivity contribution is 7.99. The lowest BCUT2D eigenvalue weighted by Gasteiger charge is -2.20. The van der Waals surface area contributed by atoms with E-state index in [1.165, 1.54) is 77.0 Å². The Morgan fingerprint density at radius 1 is 0.638 bits per heavy atom. The second-order valence-electron chi connectivity index (χ2n) is 17.6. The molecule has 0 N–H and O–H groups in total. The van der Waals surface area contributed by atoms with Crippen LogP contribution in [0, 0.1) is 34.5 Å². The van der Waals surface area contributed by atoms with Gasteiger partial charge in [0.1, 0.15) is 11.5 Å². The molecular formula is C59H82N4O4S2. The normalized spacial score (nSPS) is 12.7. The van der Waals surface area contributed by atoms with Gasteiger partial charge in [0.05, 0.1) is 18.1 Å². The van der Waals surface area contributed by atoms with Crippen molar-refractivity contribution in [3.8, 4) is 45.9 Å². The molecule has 0 heterocycles. The summed E-state index contributed by atoms with van der Waals surface area (Å²) in [5.41, 5.74) is 2.34. The third-order valence-electron chi connectivity index (χ3n) is 11.4. The van der Waals surface area contributed by atoms with Crippen LogP contribution in [0.4, 0.5) is 0 Å². The summed E-state index contributed by atoms with van der Waals surface area (Å²) in [5.74, 6) is 3.84. The summed E-state index contributed by atoms with van der Waals surface area (Å²) in [6.07, 6.45) is 18.5. The molecule has 3 unspecified atom stereocenters. The Hall–Kier alpha value is -5.16. The van der Waals surface area contributed by atoms with Crippen molar-refractivity contribution in [3.63, 3.8) is 0 Å². The molecule has 3 atom stereocenters. The summed E-state index contributed by atoms with van der Waals surface area (Å²) in [7, 11) is 0. The van der Waals surface area contributed by atoms with Gasteiger partial charge in [-0.3, -0.25) is 4.79 Å². The quantitative estimate of drug-likeness (QED) is 0.0166. The summed E-state index contributed by atoms with van der Waals surface area (Å²) in [6.45, 7) is 19.3. The lowest BCUT2D eigenvalue weighted by molar-refractivity contribution is -0.139. The second-order valence-corrected chi connectivity index (χ2v) is 19.2. The Balaban J connectivity index is 0.000000506. The maximum atomic E-state index is 12.9. The molecule has 0 saturated heterocycles. The molecule has 4 aromatic carbocycles. The molecule has 0 aliphatic carbocycles. The fourth-order valence-electron chi connectivity index (χ4n) is 6.34. The Labute approximate surface area is 427 Å². The van der Waals surface area contributed by atoms with E-state index in [-0.39, 0.29) is 17.8 Å². The molecule has 0 radical (unpaired) electrons. The molecule has 374 valence electrons. The van der Waals surface area contributed by atoms with Crippen molar-refractivity contribution in [2.24, 2.45) is 22.1 Å². The lowest BCUT2D eigenvalue weighted by atomic mass is 9.98. The van der Waals surface area contributed by atoms with E-state index in [0.717, 1.165) is 45.6 Å². The summed E-state index contributed by atoms with van der Waals surface area (Å²) >= 11 is 6.04. The van der Waals surface area contributed by atoms with Crippen LogP contribution in [0.3, 0.4) is 0 Å². The Morgan fingerprint density at radius 2 is 1.04 bits per heavy atom. The van der Waals surface area contributed by atoms with Gasteiger partial charge in [-0.1, -0.05) is 209 Å². The second kappa shape index (κ2) is 37.7. The standard InChI is InChI=1S/C26H36O2S.C15H12O2.C10H16N4.C8H18S/c1-4-5-6-7-8-14-19-29-20-24(21(2)3)26(27)28-25-18-13-12-17-23(25)22-15-10-9-11-16-22;1-2-15(16)17-14-11-7-6-10-13(14)12-8-4-3-5-9-12;1-5-9(3,7-11)13-14-10(4,6-2)8-12;1-2-3-4-5-6-7-8-9/h9-13,15-18,21,24H,4-8,14,19-20H2,1-3H3;2-11H,1H2;5-6H2,1-4H3;9H,2-8H2,1H3. The van der Waals surface area contributed by atoms with Crippen molar-refractivity contribution >= 4 is 36.3 Å². The summed E-state index contributed by atoms with van der Waals surface area (Å²) in [6, 6.07) is 39.3. The smallest absolute Gasteiger partial charge is 0.335 e. The molecule has 0 spiro atoms. The number of nitriles is 2. The van der Waals surface area contributed by atoms with Gasteiger partial charge in [0.25, 0.3) is 0 Å². The first kappa shape index (κ1) is 61.9. The van der Waals surface area contributed by atoms with Crippen LogP contribution >= 0.6 is 24.4 Å². The molecule has 10 heteroatoms. The number of nitrogens with zero attached hydrogens (tertiary/aromatic N) is 4. The minimum absolute atomic E-state index is 0.0797. The van der Waals surface area contributed by atoms with Gasteiger partial charge in [-0.25, -0.2) is 4.79 Å². The van der Waals surface area contributed by atoms with Crippen LogP contribution in [0.5, 0.6) is 11.5 Å². The highest BCUT2D eigenvalue weighted by Gasteiger charge is 2.26. The molecule has 0 amide bonds. The van der Waals surface area contributed by atoms with Gasteiger partial charge in [-0.05, 0) is 80.2 Å². The fourth-order valence-corrected chi connectivity index (χ4v) is 7.92. The number of para-hydroxylation sites is 2. The zero-order chi connectivity index (χ0) is 51.2. The van der Waals surface area contributed by atoms with Crippen LogP contribution in [0.1, 0.15) is 145 Å². The van der Waals surface area contributed by atoms with Crippen LogP contribution in [0.2, 0.25) is 0 Å². The van der Waals surface area contributed by atoms with Gasteiger partial charge < -0.3 is 9.47 Å². The topological polar surface area (TPSA) is 125 Å². The average Bonchev–Trinajstić information content (AvgIpc) is 3.38. The number of carbonyl (C=O) groups excluding carboxylic acids is 2. The first-order valence-electron chi connectivity index (χ1n) is 25.1. The minimum Gasteiger partial charge on any atom is -0.426 e. The maximum Gasteiger partial charge on any atom is 0.335 e. The molecule has 0 bridgehead atoms. The minimum atomic E-state index is -0.798. The van der Waals surface area contributed by atoms with Crippen LogP contribution in [-0.4, -0.2) is 40.3 Å². The van der Waals surface area contributed by atoms with Gasteiger partial charge in [0, 0.05) is 23.0 Å². The predicted octanol–water partition coefficient (Wildman–Crippen LogP) is 17.2. The molecule has 0 fully saturated rings. The Morgan fingerprint density at radius 3 is 1.45 bits per heavy atom. The molecule has 4 rings (SSSR count). The Bertz CT molecular complexity index is 2080. The number of hydrogen-bond donors (Lipinski definition) is 1. The van der Waals surface area contributed by atoms with Crippen molar-refractivity contribution in [2.75, 3.05) is 17.3 Å². The average molecular weight is 975 g/mol. The molecule has 8 nitrogen and oxygen atoms in total. The number of unbranched alkanes of at least 4 members (excludes halogenated alkanes) is 10. The van der Waals surface area contributed by atoms with Crippen molar-refractivity contribution in [2.45, 2.75) is 156 Å². The zero-order valence-electron chi connectivity index (χ0n) is 43.1. The van der Waals surface area contributed by atoms with E-state index in [2.05, 4.69) is 69.3 Å². The molecule has 0 saturated carbocycles. The van der Waals surface area contributed by atoms with Gasteiger partial charge in [-0.15, -0.1) is 0 Å². The van der Waals surface area contributed by atoms with Crippen molar-refractivity contribution in [3.05, 3.63) is 122 Å². The molecular weight excluding hydrogens is 893 g/mol. The molecule has 0 aliphatic rings. The first-order chi connectivity index (χ1) is 33.3. The number of thioether (sulfide) groups is 1. The van der Waals surface area contributed by atoms with Crippen LogP contribution in [0.25, 0.3) is 22.3 Å². The van der Waals surface area contributed by atoms with Crippen LogP contribution in [-0.2, 0) is 9.59 Å². The largest absolute Gasteiger partial charge is 0.426 e. The van der Waals surface area contributed by atoms with E-state index < -0.39 is 17.0 Å². The highest BCUT2D eigenvalue weighted by atomic mass is 32.2. The van der Waals surface area contributed by atoms with Crippen LogP contribution < -0.4 is 9.47 Å². The number of ether oxygens (including phenoxy) is 2. The third-order valence-corrected chi connectivity index (χ3v) is 12.9. The first-order valence-corrected chi connectivity index (χ1v) is 26.9. The van der Waals surface area contributed by atoms with E-state index in [1.54, 1.807) is 19.9 Å². The van der Waals surface area contributed by atoms with Crippen LogP contribution in [0.15, 0.2) is 132 Å². The molecule has 69 heavy (non-hydrogen) atoms. The van der Waals surface area contributed by atoms with Gasteiger partial charge in [0.2, 0.25) is 0 Å². The van der Waals surface area contributed by atoms with Crippen molar-refractivity contribution in [1.82, 2.24) is 0 Å². The van der Waals surface area contributed by atoms with E-state index in [0.29, 0.717) is 24.3 Å². The predicted molar refractivity (Wildman–Crippen MR) is 295 cm³/mol. The zero-order valence-corrected chi connectivity index (χ0v) is 44.8. The fraction of sp³-hybridized carbons (Fsp3) is 0.492. The van der Waals surface area contributed by atoms with Crippen molar-refractivity contribution < 1.29 is 19.1 Å².